The smallest absolute Gasteiger partial charge is 0.147 e. The van der Waals surface area contributed by atoms with E-state index in [2.05, 4.69) is 28.5 Å². The fourth-order valence-electron chi connectivity index (χ4n) is 1.52. The van der Waals surface area contributed by atoms with E-state index in [9.17, 15) is 0 Å². The Balaban J connectivity index is 2.36. The normalized spacial score (nSPS) is 12.4. The SMILES string of the molecule is CCC(C)Nc1snc(N)c1-c1ccncc1. The molecule has 1 unspecified atom stereocenters. The molecule has 90 valence electrons. The number of aromatic nitrogens is 2. The maximum atomic E-state index is 5.93. The van der Waals surface area contributed by atoms with Gasteiger partial charge in [0.05, 0.1) is 5.56 Å². The summed E-state index contributed by atoms with van der Waals surface area (Å²) in [6, 6.07) is 4.31. The van der Waals surface area contributed by atoms with Crippen molar-refractivity contribution in [2.45, 2.75) is 26.3 Å². The Morgan fingerprint density at radius 2 is 2.12 bits per heavy atom. The maximum Gasteiger partial charge on any atom is 0.147 e. The van der Waals surface area contributed by atoms with Crippen molar-refractivity contribution in [3.63, 3.8) is 0 Å². The summed E-state index contributed by atoms with van der Waals surface area (Å²) in [6.45, 7) is 4.29. The summed E-state index contributed by atoms with van der Waals surface area (Å²) < 4.78 is 4.22. The Kier molecular flexibility index (Phi) is 3.58. The first kappa shape index (κ1) is 11.9. The van der Waals surface area contributed by atoms with Gasteiger partial charge < -0.3 is 11.1 Å². The Hall–Kier alpha value is -1.62. The van der Waals surface area contributed by atoms with Crippen LogP contribution in [0.2, 0.25) is 0 Å². The predicted octanol–water partition coefficient (Wildman–Crippen LogP) is 3.00. The molecule has 0 bridgehead atoms. The summed E-state index contributed by atoms with van der Waals surface area (Å²) >= 11 is 1.41. The van der Waals surface area contributed by atoms with Gasteiger partial charge in [0.15, 0.2) is 0 Å². The highest BCUT2D eigenvalue weighted by Crippen LogP contribution is 2.36. The topological polar surface area (TPSA) is 63.8 Å². The number of pyridine rings is 1. The highest BCUT2D eigenvalue weighted by atomic mass is 32.1. The second-order valence-corrected chi connectivity index (χ2v) is 4.73. The van der Waals surface area contributed by atoms with Crippen LogP contribution in [-0.2, 0) is 0 Å². The van der Waals surface area contributed by atoms with Gasteiger partial charge in [-0.1, -0.05) is 6.92 Å². The number of nitrogens with two attached hydrogens (primary N) is 1. The molecule has 0 saturated carbocycles. The van der Waals surface area contributed by atoms with Gasteiger partial charge in [-0.15, -0.1) is 0 Å². The minimum Gasteiger partial charge on any atom is -0.382 e. The number of hydrogen-bond donors (Lipinski definition) is 2. The Bertz CT molecular complexity index is 481. The Labute approximate surface area is 105 Å². The van der Waals surface area contributed by atoms with Crippen molar-refractivity contribution in [1.82, 2.24) is 9.36 Å². The van der Waals surface area contributed by atoms with Crippen molar-refractivity contribution < 1.29 is 0 Å². The second kappa shape index (κ2) is 5.14. The summed E-state index contributed by atoms with van der Waals surface area (Å²) in [5, 5.41) is 4.47. The molecular formula is C12H16N4S. The molecule has 0 aliphatic heterocycles. The van der Waals surface area contributed by atoms with Crippen LogP contribution in [0.25, 0.3) is 11.1 Å². The Morgan fingerprint density at radius 1 is 1.41 bits per heavy atom. The minimum absolute atomic E-state index is 0.412. The predicted molar refractivity (Wildman–Crippen MR) is 73.1 cm³/mol. The van der Waals surface area contributed by atoms with Crippen molar-refractivity contribution in [1.29, 1.82) is 0 Å². The van der Waals surface area contributed by atoms with Crippen molar-refractivity contribution in [3.8, 4) is 11.1 Å². The third-order valence-electron chi connectivity index (χ3n) is 2.68. The average molecular weight is 248 g/mol. The van der Waals surface area contributed by atoms with E-state index in [0.29, 0.717) is 11.9 Å². The van der Waals surface area contributed by atoms with Crippen molar-refractivity contribution >= 4 is 22.4 Å². The summed E-state index contributed by atoms with van der Waals surface area (Å²) in [6.07, 6.45) is 4.59. The molecule has 2 rings (SSSR count). The van der Waals surface area contributed by atoms with Gasteiger partial charge in [0, 0.05) is 18.4 Å². The first-order valence-electron chi connectivity index (χ1n) is 5.64. The van der Waals surface area contributed by atoms with Crippen LogP contribution in [0.1, 0.15) is 20.3 Å². The number of rotatable bonds is 4. The Morgan fingerprint density at radius 3 is 2.76 bits per heavy atom. The molecule has 0 amide bonds. The summed E-state index contributed by atoms with van der Waals surface area (Å²) in [5.74, 6) is 0.576. The van der Waals surface area contributed by atoms with Gasteiger partial charge in [-0.25, -0.2) is 0 Å². The fourth-order valence-corrected chi connectivity index (χ4v) is 2.37. The fraction of sp³-hybridized carbons (Fsp3) is 0.333. The average Bonchev–Trinajstić information content (AvgIpc) is 2.71. The summed E-state index contributed by atoms with van der Waals surface area (Å²) in [7, 11) is 0. The molecule has 3 N–H and O–H groups in total. The lowest BCUT2D eigenvalue weighted by Gasteiger charge is -2.12. The molecule has 0 aromatic carbocycles. The highest BCUT2D eigenvalue weighted by molar-refractivity contribution is 7.11. The molecule has 0 aliphatic carbocycles. The first-order valence-corrected chi connectivity index (χ1v) is 6.41. The lowest BCUT2D eigenvalue weighted by atomic mass is 10.1. The number of nitrogens with zero attached hydrogens (tertiary/aromatic N) is 2. The van der Waals surface area contributed by atoms with E-state index in [1.54, 1.807) is 12.4 Å². The van der Waals surface area contributed by atoms with Gasteiger partial charge in [0.1, 0.15) is 10.8 Å². The third kappa shape index (κ3) is 2.55. The van der Waals surface area contributed by atoms with E-state index in [1.165, 1.54) is 11.5 Å². The van der Waals surface area contributed by atoms with Crippen LogP contribution in [0, 0.1) is 0 Å². The van der Waals surface area contributed by atoms with E-state index in [-0.39, 0.29) is 0 Å². The molecule has 0 saturated heterocycles. The van der Waals surface area contributed by atoms with E-state index in [0.717, 1.165) is 22.5 Å². The molecule has 5 heteroatoms. The zero-order chi connectivity index (χ0) is 12.3. The van der Waals surface area contributed by atoms with E-state index in [4.69, 9.17) is 5.73 Å². The van der Waals surface area contributed by atoms with Gasteiger partial charge in [0.2, 0.25) is 0 Å². The third-order valence-corrected chi connectivity index (χ3v) is 3.47. The van der Waals surface area contributed by atoms with Crippen LogP contribution in [0.15, 0.2) is 24.5 Å². The number of anilines is 2. The number of nitrogen functional groups attached to an aromatic ring is 1. The summed E-state index contributed by atoms with van der Waals surface area (Å²) in [5.41, 5.74) is 7.97. The molecular weight excluding hydrogens is 232 g/mol. The van der Waals surface area contributed by atoms with Gasteiger partial charge in [-0.05, 0) is 42.6 Å². The van der Waals surface area contributed by atoms with Gasteiger partial charge in [-0.2, -0.15) is 4.37 Å². The quantitative estimate of drug-likeness (QED) is 0.873. The summed E-state index contributed by atoms with van der Waals surface area (Å²) in [4.78, 5) is 4.01. The van der Waals surface area contributed by atoms with Crippen molar-refractivity contribution in [3.05, 3.63) is 24.5 Å². The van der Waals surface area contributed by atoms with Gasteiger partial charge in [0.25, 0.3) is 0 Å². The molecule has 0 spiro atoms. The zero-order valence-corrected chi connectivity index (χ0v) is 10.8. The molecule has 1 atom stereocenters. The first-order chi connectivity index (χ1) is 8.22. The minimum atomic E-state index is 0.412. The molecule has 17 heavy (non-hydrogen) atoms. The number of nitrogens with one attached hydrogen (secondary N) is 1. The molecule has 2 heterocycles. The molecule has 0 aliphatic rings. The monoisotopic (exact) mass is 248 g/mol. The van der Waals surface area contributed by atoms with E-state index in [1.807, 2.05) is 12.1 Å². The van der Waals surface area contributed by atoms with Crippen LogP contribution in [0.3, 0.4) is 0 Å². The van der Waals surface area contributed by atoms with Crippen LogP contribution in [0.5, 0.6) is 0 Å². The molecule has 0 fully saturated rings. The largest absolute Gasteiger partial charge is 0.382 e. The second-order valence-electron chi connectivity index (χ2n) is 3.96. The van der Waals surface area contributed by atoms with Crippen molar-refractivity contribution in [2.24, 2.45) is 0 Å². The molecule has 2 aromatic heterocycles. The van der Waals surface area contributed by atoms with Crippen LogP contribution < -0.4 is 11.1 Å². The van der Waals surface area contributed by atoms with Crippen LogP contribution >= 0.6 is 11.5 Å². The lowest BCUT2D eigenvalue weighted by Crippen LogP contribution is -2.12. The highest BCUT2D eigenvalue weighted by Gasteiger charge is 2.14. The molecule has 0 radical (unpaired) electrons. The van der Waals surface area contributed by atoms with Crippen LogP contribution in [0.4, 0.5) is 10.8 Å². The molecule has 4 nitrogen and oxygen atoms in total. The standard InChI is InChI=1S/C12H16N4S/c1-3-8(2)15-12-10(11(13)16-17-12)9-4-6-14-7-5-9/h4-8,15H,3H2,1-2H3,(H2,13,16). The lowest BCUT2D eigenvalue weighted by molar-refractivity contribution is 0.767. The number of hydrogen-bond acceptors (Lipinski definition) is 5. The maximum absolute atomic E-state index is 5.93. The zero-order valence-electron chi connectivity index (χ0n) is 9.97. The van der Waals surface area contributed by atoms with Crippen molar-refractivity contribution in [2.75, 3.05) is 11.1 Å². The van der Waals surface area contributed by atoms with Gasteiger partial charge in [-0.3, -0.25) is 4.98 Å². The van der Waals surface area contributed by atoms with E-state index >= 15 is 0 Å². The van der Waals surface area contributed by atoms with E-state index < -0.39 is 0 Å². The molecule has 2 aromatic rings. The van der Waals surface area contributed by atoms with Gasteiger partial charge >= 0.3 is 0 Å². The van der Waals surface area contributed by atoms with Crippen LogP contribution in [-0.4, -0.2) is 15.4 Å².